The van der Waals surface area contributed by atoms with Gasteiger partial charge in [-0.3, -0.25) is 17.3 Å². The summed E-state index contributed by atoms with van der Waals surface area (Å²) in [6.45, 7) is 10.5. The van der Waals surface area contributed by atoms with Gasteiger partial charge in [-0.05, 0) is 20.8 Å². The molecule has 0 atom stereocenters. The van der Waals surface area contributed by atoms with Crippen molar-refractivity contribution in [3.63, 3.8) is 0 Å². The van der Waals surface area contributed by atoms with Gasteiger partial charge in [0, 0.05) is 0 Å². The Balaban J connectivity index is -0.000000179. The Morgan fingerprint density at radius 2 is 0.938 bits per heavy atom. The van der Waals surface area contributed by atoms with Crippen LogP contribution in [0.2, 0.25) is 0 Å². The van der Waals surface area contributed by atoms with E-state index < -0.39 is 10.2 Å². The van der Waals surface area contributed by atoms with Gasteiger partial charge in [0.1, 0.15) is 0 Å². The molecule has 0 aromatic rings. The molecule has 16 heavy (non-hydrogen) atoms. The highest BCUT2D eigenvalue weighted by molar-refractivity contribution is 14.1. The van der Waals surface area contributed by atoms with E-state index in [4.69, 9.17) is 0 Å². The van der Waals surface area contributed by atoms with E-state index in [2.05, 4.69) is 27.8 Å². The molecule has 0 aromatic heterocycles. The van der Waals surface area contributed by atoms with Gasteiger partial charge in [0.25, 0.3) is 0 Å². The molecule has 0 amide bonds. The van der Waals surface area contributed by atoms with Crippen LogP contribution in [-0.4, -0.2) is 41.4 Å². The summed E-state index contributed by atoms with van der Waals surface area (Å²) in [7, 11) is 2.29. The third kappa shape index (κ3) is 29.5. The minimum atomic E-state index is -2.20. The summed E-state index contributed by atoms with van der Waals surface area (Å²) in [6, 6.07) is 0. The molecule has 0 radical (unpaired) electrons. The van der Waals surface area contributed by atoms with Gasteiger partial charge in [-0.15, -0.1) is 0 Å². The molecular weight excluding hydrogens is 450 g/mol. The molecule has 0 aliphatic rings. The van der Waals surface area contributed by atoms with Crippen molar-refractivity contribution in [2.45, 2.75) is 20.8 Å². The summed E-state index contributed by atoms with van der Waals surface area (Å²) < 4.78 is 42.5. The molecule has 0 aliphatic carbocycles. The molecule has 0 bridgehead atoms. The lowest BCUT2D eigenvalue weighted by Crippen LogP contribution is -2.42. The third-order valence-electron chi connectivity index (χ3n) is 2.29. The molecule has 9 heteroatoms. The standard InChI is InChI=1S/C7H18N.2BF2I/c1-5-8(4,6-2)7-3;2*2-1(3)4/h5-7H2,1-4H3;;/q+1;;. The van der Waals surface area contributed by atoms with Crippen LogP contribution in [0.15, 0.2) is 0 Å². The molecule has 0 N–H and O–H groups in total. The van der Waals surface area contributed by atoms with E-state index in [-0.39, 0.29) is 0 Å². The zero-order valence-corrected chi connectivity index (χ0v) is 14.3. The van der Waals surface area contributed by atoms with E-state index in [1.807, 2.05) is 0 Å². The zero-order chi connectivity index (χ0) is 13.8. The fourth-order valence-corrected chi connectivity index (χ4v) is 0.671. The predicted octanol–water partition coefficient (Wildman–Crippen LogP) is 4.18. The minimum Gasteiger partial charge on any atom is -0.327 e. The first-order chi connectivity index (χ1) is 7.15. The lowest BCUT2D eigenvalue weighted by molar-refractivity contribution is -0.904. The SMILES string of the molecule is CC[N+](C)(CC)CC.FB(F)I.FB(F)I. The highest BCUT2D eigenvalue weighted by Gasteiger charge is 2.10. The monoisotopic (exact) mass is 468 g/mol. The molecular formula is C7H18B2F4I2N+. The predicted molar refractivity (Wildman–Crippen MR) is 81.8 cm³/mol. The number of nitrogens with zero attached hydrogens (tertiary/aromatic N) is 1. The molecule has 0 saturated carbocycles. The highest BCUT2D eigenvalue weighted by Crippen LogP contribution is 1.97. The normalized spacial score (nSPS) is 9.38. The van der Waals surface area contributed by atoms with Crippen molar-refractivity contribution in [1.29, 1.82) is 0 Å². The Hall–Kier alpha value is 1.27. The number of quaternary nitrogens is 1. The summed E-state index contributed by atoms with van der Waals surface area (Å²) in [5, 5.41) is -4.39. The van der Waals surface area contributed by atoms with Gasteiger partial charge >= 0.3 is 10.2 Å². The van der Waals surface area contributed by atoms with Crippen LogP contribution in [0.4, 0.5) is 17.3 Å². The zero-order valence-electron chi connectivity index (χ0n) is 9.99. The van der Waals surface area contributed by atoms with Crippen LogP contribution in [0.25, 0.3) is 0 Å². The summed E-state index contributed by atoms with van der Waals surface area (Å²) in [5.41, 5.74) is 0. The first-order valence-corrected chi connectivity index (χ1v) is 7.32. The van der Waals surface area contributed by atoms with E-state index in [9.17, 15) is 17.3 Å². The second kappa shape index (κ2) is 14.3. The maximum atomic E-state index is 10.3. The molecule has 1 nitrogen and oxygen atoms in total. The lowest BCUT2D eigenvalue weighted by atomic mass is 10.4. The van der Waals surface area contributed by atoms with Crippen molar-refractivity contribution in [2.75, 3.05) is 26.7 Å². The van der Waals surface area contributed by atoms with Crippen molar-refractivity contribution < 1.29 is 21.7 Å². The fourth-order valence-electron chi connectivity index (χ4n) is 0.671. The van der Waals surface area contributed by atoms with E-state index in [0.29, 0.717) is 0 Å². The minimum absolute atomic E-state index is 1.01. The molecule has 0 rings (SSSR count). The number of hydrogen-bond acceptors (Lipinski definition) is 0. The Morgan fingerprint density at radius 1 is 0.812 bits per heavy atom. The molecule has 0 heterocycles. The van der Waals surface area contributed by atoms with Crippen molar-refractivity contribution in [2.24, 2.45) is 0 Å². The summed E-state index contributed by atoms with van der Waals surface area (Å²) >= 11 is 2.02. The van der Waals surface area contributed by atoms with Gasteiger partial charge in [0.05, 0.1) is 26.7 Å². The van der Waals surface area contributed by atoms with Crippen molar-refractivity contribution in [3.05, 3.63) is 0 Å². The number of halogens is 6. The Kier molecular flexibility index (Phi) is 20.1. The van der Waals surface area contributed by atoms with Gasteiger partial charge < -0.3 is 4.48 Å². The van der Waals surface area contributed by atoms with Gasteiger partial charge in [0.2, 0.25) is 0 Å². The molecule has 0 fully saturated rings. The molecule has 0 spiro atoms. The Morgan fingerprint density at radius 3 is 0.938 bits per heavy atom. The number of hydrogen-bond donors (Lipinski definition) is 0. The molecule has 0 aliphatic heterocycles. The van der Waals surface area contributed by atoms with Crippen LogP contribution in [0, 0.1) is 0 Å². The van der Waals surface area contributed by atoms with Gasteiger partial charge in [-0.2, -0.15) is 0 Å². The average molecular weight is 468 g/mol. The van der Waals surface area contributed by atoms with Gasteiger partial charge in [-0.1, -0.05) is 44.7 Å². The molecule has 0 saturated heterocycles. The maximum absolute atomic E-state index is 10.3. The second-order valence-corrected chi connectivity index (χ2v) is 4.95. The Labute approximate surface area is 123 Å². The quantitative estimate of drug-likeness (QED) is 0.253. The van der Waals surface area contributed by atoms with Crippen LogP contribution in [0.5, 0.6) is 0 Å². The third-order valence-corrected chi connectivity index (χ3v) is 2.29. The summed E-state index contributed by atoms with van der Waals surface area (Å²) in [6.07, 6.45) is 0. The maximum Gasteiger partial charge on any atom is 0.608 e. The topological polar surface area (TPSA) is 0 Å². The van der Waals surface area contributed by atoms with Crippen LogP contribution < -0.4 is 0 Å². The van der Waals surface area contributed by atoms with Crippen molar-refractivity contribution in [1.82, 2.24) is 0 Å². The molecule has 0 aromatic carbocycles. The first kappa shape index (κ1) is 22.5. The van der Waals surface area contributed by atoms with Gasteiger partial charge in [-0.25, -0.2) is 0 Å². The Bertz CT molecular complexity index is 120. The van der Waals surface area contributed by atoms with Crippen LogP contribution >= 0.6 is 44.7 Å². The summed E-state index contributed by atoms with van der Waals surface area (Å²) in [4.78, 5) is 0. The highest BCUT2D eigenvalue weighted by atomic mass is 127. The van der Waals surface area contributed by atoms with Crippen molar-refractivity contribution >= 4 is 55.0 Å². The largest absolute Gasteiger partial charge is 0.608 e. The van der Waals surface area contributed by atoms with E-state index in [1.165, 1.54) is 24.1 Å². The van der Waals surface area contributed by atoms with E-state index in [0.717, 1.165) is 44.7 Å². The van der Waals surface area contributed by atoms with Crippen LogP contribution in [-0.2, 0) is 0 Å². The van der Waals surface area contributed by atoms with E-state index >= 15 is 0 Å². The molecule has 0 unspecified atom stereocenters. The molecule has 98 valence electrons. The number of rotatable bonds is 3. The van der Waals surface area contributed by atoms with Gasteiger partial charge in [0.15, 0.2) is 0 Å². The first-order valence-electron chi connectivity index (χ1n) is 4.83. The second-order valence-electron chi connectivity index (χ2n) is 3.06. The lowest BCUT2D eigenvalue weighted by Gasteiger charge is -2.30. The smallest absolute Gasteiger partial charge is 0.327 e. The van der Waals surface area contributed by atoms with Crippen LogP contribution in [0.3, 0.4) is 0 Å². The van der Waals surface area contributed by atoms with E-state index in [1.54, 1.807) is 0 Å². The fraction of sp³-hybridized carbons (Fsp3) is 1.00. The summed E-state index contributed by atoms with van der Waals surface area (Å²) in [5.74, 6) is 0. The van der Waals surface area contributed by atoms with Crippen LogP contribution in [0.1, 0.15) is 20.8 Å². The average Bonchev–Trinajstić information content (AvgIpc) is 2.15. The van der Waals surface area contributed by atoms with Crippen molar-refractivity contribution in [3.8, 4) is 0 Å².